The summed E-state index contributed by atoms with van der Waals surface area (Å²) in [5.74, 6) is 1.16. The highest BCUT2D eigenvalue weighted by atomic mass is 32.2. The SMILES string of the molecule is Cc1cnc(CNS(=O)(=O)CCCNC(C)C)o1. The predicted molar refractivity (Wildman–Crippen MR) is 69.6 cm³/mol. The van der Waals surface area contributed by atoms with Gasteiger partial charge in [0.1, 0.15) is 5.76 Å². The van der Waals surface area contributed by atoms with Gasteiger partial charge in [-0.3, -0.25) is 0 Å². The number of aromatic nitrogens is 1. The molecule has 0 fully saturated rings. The molecule has 0 bridgehead atoms. The minimum Gasteiger partial charge on any atom is -0.445 e. The number of sulfonamides is 1. The Labute approximate surface area is 108 Å². The molecule has 0 aliphatic carbocycles. The minimum atomic E-state index is -3.26. The van der Waals surface area contributed by atoms with Crippen molar-refractivity contribution in [3.05, 3.63) is 17.8 Å². The van der Waals surface area contributed by atoms with Crippen molar-refractivity contribution in [2.75, 3.05) is 12.3 Å². The summed E-state index contributed by atoms with van der Waals surface area (Å²) in [5.41, 5.74) is 0. The van der Waals surface area contributed by atoms with Crippen LogP contribution in [0.15, 0.2) is 10.6 Å². The molecule has 0 amide bonds. The molecule has 0 saturated heterocycles. The van der Waals surface area contributed by atoms with Crippen molar-refractivity contribution < 1.29 is 12.8 Å². The van der Waals surface area contributed by atoms with Crippen LogP contribution in [0.2, 0.25) is 0 Å². The van der Waals surface area contributed by atoms with Gasteiger partial charge in [-0.25, -0.2) is 18.1 Å². The lowest BCUT2D eigenvalue weighted by Crippen LogP contribution is -2.29. The molecule has 0 radical (unpaired) electrons. The summed E-state index contributed by atoms with van der Waals surface area (Å²) < 4.78 is 30.9. The molecule has 1 aromatic rings. The van der Waals surface area contributed by atoms with Crippen LogP contribution in [-0.2, 0) is 16.6 Å². The van der Waals surface area contributed by atoms with Gasteiger partial charge in [0.05, 0.1) is 18.5 Å². The number of hydrogen-bond donors (Lipinski definition) is 2. The number of hydrogen-bond acceptors (Lipinski definition) is 5. The molecule has 6 nitrogen and oxygen atoms in total. The van der Waals surface area contributed by atoms with Gasteiger partial charge in [-0.15, -0.1) is 0 Å². The highest BCUT2D eigenvalue weighted by Gasteiger charge is 2.11. The fourth-order valence-electron chi connectivity index (χ4n) is 1.38. The van der Waals surface area contributed by atoms with E-state index >= 15 is 0 Å². The second kappa shape index (κ2) is 6.86. The first-order valence-electron chi connectivity index (χ1n) is 6.01. The lowest BCUT2D eigenvalue weighted by molar-refractivity contribution is 0.463. The van der Waals surface area contributed by atoms with Crippen LogP contribution < -0.4 is 10.0 Å². The van der Waals surface area contributed by atoms with E-state index in [9.17, 15) is 8.42 Å². The average molecular weight is 275 g/mol. The van der Waals surface area contributed by atoms with E-state index in [-0.39, 0.29) is 12.3 Å². The lowest BCUT2D eigenvalue weighted by atomic mass is 10.4. The van der Waals surface area contributed by atoms with Crippen molar-refractivity contribution in [2.45, 2.75) is 39.8 Å². The van der Waals surface area contributed by atoms with E-state index in [0.717, 1.165) is 0 Å². The Kier molecular flexibility index (Phi) is 5.77. The van der Waals surface area contributed by atoms with E-state index in [4.69, 9.17) is 4.42 Å². The molecule has 0 aliphatic rings. The van der Waals surface area contributed by atoms with Crippen molar-refractivity contribution in [1.29, 1.82) is 0 Å². The molecule has 0 unspecified atom stereocenters. The van der Waals surface area contributed by atoms with Crippen LogP contribution in [0.4, 0.5) is 0 Å². The molecule has 18 heavy (non-hydrogen) atoms. The summed E-state index contributed by atoms with van der Waals surface area (Å²) in [6.45, 7) is 6.61. The second-order valence-corrected chi connectivity index (χ2v) is 6.39. The molecule has 104 valence electrons. The Morgan fingerprint density at radius 2 is 2.17 bits per heavy atom. The fourth-order valence-corrected chi connectivity index (χ4v) is 2.39. The maximum atomic E-state index is 11.6. The second-order valence-electron chi connectivity index (χ2n) is 4.47. The zero-order valence-electron chi connectivity index (χ0n) is 11.1. The summed E-state index contributed by atoms with van der Waals surface area (Å²) in [5, 5.41) is 3.17. The van der Waals surface area contributed by atoms with Gasteiger partial charge in [-0.1, -0.05) is 13.8 Å². The molecular weight excluding hydrogens is 254 g/mol. The maximum Gasteiger partial charge on any atom is 0.212 e. The van der Waals surface area contributed by atoms with E-state index in [0.29, 0.717) is 30.7 Å². The number of oxazole rings is 1. The van der Waals surface area contributed by atoms with Crippen LogP contribution in [0.25, 0.3) is 0 Å². The first kappa shape index (κ1) is 15.1. The Morgan fingerprint density at radius 1 is 1.44 bits per heavy atom. The smallest absolute Gasteiger partial charge is 0.212 e. The summed E-state index contributed by atoms with van der Waals surface area (Å²) in [6, 6.07) is 0.371. The standard InChI is InChI=1S/C11H21N3O3S/c1-9(2)12-5-4-6-18(15,16)14-8-11-13-7-10(3)17-11/h7,9,12,14H,4-6,8H2,1-3H3. The normalized spacial score (nSPS) is 12.2. The molecule has 0 aliphatic heterocycles. The molecule has 1 rings (SSSR count). The zero-order valence-corrected chi connectivity index (χ0v) is 11.9. The van der Waals surface area contributed by atoms with Crippen LogP contribution in [0, 0.1) is 6.92 Å². The monoisotopic (exact) mass is 275 g/mol. The van der Waals surface area contributed by atoms with E-state index in [1.165, 1.54) is 0 Å². The first-order valence-corrected chi connectivity index (χ1v) is 7.66. The van der Waals surface area contributed by atoms with Gasteiger partial charge in [0.15, 0.2) is 0 Å². The molecule has 1 aromatic heterocycles. The molecular formula is C11H21N3O3S. The molecule has 0 atom stereocenters. The van der Waals surface area contributed by atoms with Crippen molar-refractivity contribution >= 4 is 10.0 Å². The number of nitrogens with one attached hydrogen (secondary N) is 2. The number of aryl methyl sites for hydroxylation is 1. The van der Waals surface area contributed by atoms with Gasteiger partial charge < -0.3 is 9.73 Å². The van der Waals surface area contributed by atoms with Crippen LogP contribution in [0.3, 0.4) is 0 Å². The van der Waals surface area contributed by atoms with E-state index < -0.39 is 10.0 Å². The van der Waals surface area contributed by atoms with Crippen LogP contribution in [0.1, 0.15) is 31.9 Å². The van der Waals surface area contributed by atoms with Gasteiger partial charge in [-0.2, -0.15) is 0 Å². The Bertz CT molecular complexity index is 454. The molecule has 0 spiro atoms. The average Bonchev–Trinajstić information content (AvgIpc) is 2.68. The third-order valence-electron chi connectivity index (χ3n) is 2.25. The summed E-state index contributed by atoms with van der Waals surface area (Å²) >= 11 is 0. The minimum absolute atomic E-state index is 0.104. The Morgan fingerprint density at radius 3 is 2.72 bits per heavy atom. The van der Waals surface area contributed by atoms with E-state index in [2.05, 4.69) is 15.0 Å². The largest absolute Gasteiger partial charge is 0.445 e. The maximum absolute atomic E-state index is 11.6. The van der Waals surface area contributed by atoms with Crippen molar-refractivity contribution in [3.8, 4) is 0 Å². The van der Waals surface area contributed by atoms with Crippen molar-refractivity contribution in [1.82, 2.24) is 15.0 Å². The topological polar surface area (TPSA) is 84.2 Å². The number of nitrogens with zero attached hydrogens (tertiary/aromatic N) is 1. The van der Waals surface area contributed by atoms with Crippen LogP contribution in [0.5, 0.6) is 0 Å². The fraction of sp³-hybridized carbons (Fsp3) is 0.727. The van der Waals surface area contributed by atoms with Crippen LogP contribution in [-0.4, -0.2) is 31.7 Å². The van der Waals surface area contributed by atoms with Gasteiger partial charge >= 0.3 is 0 Å². The molecule has 0 aromatic carbocycles. The van der Waals surface area contributed by atoms with Crippen molar-refractivity contribution in [3.63, 3.8) is 0 Å². The number of rotatable bonds is 8. The molecule has 7 heteroatoms. The highest BCUT2D eigenvalue weighted by Crippen LogP contribution is 2.01. The first-order chi connectivity index (χ1) is 8.39. The van der Waals surface area contributed by atoms with Crippen molar-refractivity contribution in [2.24, 2.45) is 0 Å². The molecule has 2 N–H and O–H groups in total. The predicted octanol–water partition coefficient (Wildman–Crippen LogP) is 0.791. The summed E-state index contributed by atoms with van der Waals surface area (Å²) in [4.78, 5) is 3.93. The zero-order chi connectivity index (χ0) is 13.6. The Hall–Kier alpha value is -0.920. The molecule has 0 saturated carbocycles. The highest BCUT2D eigenvalue weighted by molar-refractivity contribution is 7.89. The lowest BCUT2D eigenvalue weighted by Gasteiger charge is -2.08. The van der Waals surface area contributed by atoms with Gasteiger partial charge in [0.25, 0.3) is 0 Å². The summed E-state index contributed by atoms with van der Waals surface area (Å²) in [6.07, 6.45) is 2.15. The summed E-state index contributed by atoms with van der Waals surface area (Å²) in [7, 11) is -3.26. The molecule has 1 heterocycles. The van der Waals surface area contributed by atoms with E-state index in [1.807, 2.05) is 13.8 Å². The van der Waals surface area contributed by atoms with Gasteiger partial charge in [0.2, 0.25) is 15.9 Å². The van der Waals surface area contributed by atoms with Gasteiger partial charge in [0, 0.05) is 6.04 Å². The third-order valence-corrected chi connectivity index (χ3v) is 3.67. The van der Waals surface area contributed by atoms with E-state index in [1.54, 1.807) is 13.1 Å². The van der Waals surface area contributed by atoms with Gasteiger partial charge in [-0.05, 0) is 19.9 Å². The van der Waals surface area contributed by atoms with Crippen LogP contribution >= 0.6 is 0 Å². The Balaban J connectivity index is 2.27. The third kappa shape index (κ3) is 6.13. The quantitative estimate of drug-likeness (QED) is 0.685.